The van der Waals surface area contributed by atoms with Crippen LogP contribution in [0.15, 0.2) is 28.3 Å². The topological polar surface area (TPSA) is 12.0 Å². The van der Waals surface area contributed by atoms with Gasteiger partial charge in [-0.3, -0.25) is 0 Å². The van der Waals surface area contributed by atoms with Gasteiger partial charge in [-0.05, 0) is 65.7 Å². The third kappa shape index (κ3) is 2.07. The third-order valence-electron chi connectivity index (χ3n) is 3.71. The quantitative estimate of drug-likeness (QED) is 0.875. The Kier molecular flexibility index (Phi) is 3.32. The predicted molar refractivity (Wildman–Crippen MR) is 76.1 cm³/mol. The molecule has 0 aromatic carbocycles. The Hall–Kier alpha value is -0.640. The third-order valence-corrected chi connectivity index (χ3v) is 5.41. The van der Waals surface area contributed by atoms with Gasteiger partial charge in [0.05, 0.1) is 0 Å². The van der Waals surface area contributed by atoms with Crippen molar-refractivity contribution < 1.29 is 0 Å². The van der Waals surface area contributed by atoms with E-state index in [9.17, 15) is 0 Å². The minimum atomic E-state index is 0.481. The zero-order valence-electron chi connectivity index (χ0n) is 9.98. The van der Waals surface area contributed by atoms with E-state index in [2.05, 4.69) is 40.6 Å². The molecule has 17 heavy (non-hydrogen) atoms. The minimum Gasteiger partial charge on any atom is -0.312 e. The van der Waals surface area contributed by atoms with Crippen LogP contribution >= 0.6 is 22.7 Å². The monoisotopic (exact) mass is 263 g/mol. The molecule has 3 heteroatoms. The van der Waals surface area contributed by atoms with Crippen molar-refractivity contribution in [3.05, 3.63) is 44.3 Å². The number of thiophene rings is 2. The first kappa shape index (κ1) is 11.5. The van der Waals surface area contributed by atoms with Crippen LogP contribution in [0, 0.1) is 0 Å². The van der Waals surface area contributed by atoms with Crippen molar-refractivity contribution in [2.24, 2.45) is 0 Å². The molecule has 2 unspecified atom stereocenters. The van der Waals surface area contributed by atoms with Gasteiger partial charge in [0.25, 0.3) is 0 Å². The lowest BCUT2D eigenvalue weighted by atomic mass is 9.80. The van der Waals surface area contributed by atoms with Gasteiger partial charge in [-0.2, -0.15) is 11.3 Å². The van der Waals surface area contributed by atoms with E-state index < -0.39 is 0 Å². The van der Waals surface area contributed by atoms with Gasteiger partial charge < -0.3 is 5.32 Å². The van der Waals surface area contributed by atoms with E-state index in [0.717, 1.165) is 0 Å². The summed E-state index contributed by atoms with van der Waals surface area (Å²) in [4.78, 5) is 1.61. The van der Waals surface area contributed by atoms with E-state index in [-0.39, 0.29) is 0 Å². The molecule has 0 spiro atoms. The van der Waals surface area contributed by atoms with Crippen LogP contribution in [0.3, 0.4) is 0 Å². The highest BCUT2D eigenvalue weighted by molar-refractivity contribution is 7.10. The van der Waals surface area contributed by atoms with Gasteiger partial charge in [0.2, 0.25) is 0 Å². The van der Waals surface area contributed by atoms with Gasteiger partial charge in [0.15, 0.2) is 0 Å². The Morgan fingerprint density at radius 2 is 2.29 bits per heavy atom. The number of rotatable bonds is 3. The van der Waals surface area contributed by atoms with Crippen molar-refractivity contribution in [1.82, 2.24) is 5.32 Å². The zero-order valence-corrected chi connectivity index (χ0v) is 11.6. The summed E-state index contributed by atoms with van der Waals surface area (Å²) >= 11 is 3.72. The molecule has 0 radical (unpaired) electrons. The molecule has 2 aromatic rings. The molecule has 2 heterocycles. The van der Waals surface area contributed by atoms with Crippen LogP contribution in [-0.4, -0.2) is 7.05 Å². The molecule has 3 rings (SSSR count). The van der Waals surface area contributed by atoms with E-state index in [0.29, 0.717) is 12.0 Å². The van der Waals surface area contributed by atoms with Crippen LogP contribution in [0.2, 0.25) is 0 Å². The van der Waals surface area contributed by atoms with Crippen molar-refractivity contribution >= 4 is 22.7 Å². The molecular formula is C14H17NS2. The SMILES string of the molecule is CNC(c1ccsc1)C1CCCc2sccc21. The van der Waals surface area contributed by atoms with Crippen molar-refractivity contribution in [3.8, 4) is 0 Å². The summed E-state index contributed by atoms with van der Waals surface area (Å²) in [5, 5.41) is 10.2. The maximum Gasteiger partial charge on any atom is 0.0395 e. The van der Waals surface area contributed by atoms with Crippen LogP contribution in [0.4, 0.5) is 0 Å². The van der Waals surface area contributed by atoms with Crippen molar-refractivity contribution in [2.75, 3.05) is 7.05 Å². The molecule has 1 N–H and O–H groups in total. The summed E-state index contributed by atoms with van der Waals surface area (Å²) in [6.07, 6.45) is 3.93. The second kappa shape index (κ2) is 4.92. The normalized spacial score (nSPS) is 21.1. The molecular weight excluding hydrogens is 246 g/mol. The van der Waals surface area contributed by atoms with Gasteiger partial charge in [0, 0.05) is 16.8 Å². The number of fused-ring (bicyclic) bond motifs is 1. The molecule has 0 saturated carbocycles. The number of nitrogens with one attached hydrogen (secondary N) is 1. The molecule has 0 saturated heterocycles. The Labute approximate surface area is 111 Å². The number of hydrogen-bond acceptors (Lipinski definition) is 3. The van der Waals surface area contributed by atoms with Crippen LogP contribution in [0.1, 0.15) is 40.8 Å². The largest absolute Gasteiger partial charge is 0.312 e. The van der Waals surface area contributed by atoms with E-state index in [1.54, 1.807) is 21.8 Å². The number of likely N-dealkylation sites (N-methyl/N-ethyl adjacent to an activating group) is 1. The van der Waals surface area contributed by atoms with Gasteiger partial charge >= 0.3 is 0 Å². The lowest BCUT2D eigenvalue weighted by Crippen LogP contribution is -2.25. The summed E-state index contributed by atoms with van der Waals surface area (Å²) in [5.41, 5.74) is 3.04. The first-order chi connectivity index (χ1) is 8.40. The van der Waals surface area contributed by atoms with Gasteiger partial charge in [0.1, 0.15) is 0 Å². The van der Waals surface area contributed by atoms with Crippen molar-refractivity contribution in [3.63, 3.8) is 0 Å². The summed E-state index contributed by atoms with van der Waals surface area (Å²) in [6.45, 7) is 0. The number of hydrogen-bond donors (Lipinski definition) is 1. The average molecular weight is 263 g/mol. The van der Waals surface area contributed by atoms with Gasteiger partial charge in [-0.25, -0.2) is 0 Å². The first-order valence-corrected chi connectivity index (χ1v) is 7.98. The molecule has 0 bridgehead atoms. The zero-order chi connectivity index (χ0) is 11.7. The minimum absolute atomic E-state index is 0.481. The van der Waals surface area contributed by atoms with Gasteiger partial charge in [-0.1, -0.05) is 0 Å². The molecule has 90 valence electrons. The second-order valence-electron chi connectivity index (χ2n) is 4.62. The molecule has 2 aromatic heterocycles. The molecule has 0 fully saturated rings. The fourth-order valence-electron chi connectivity index (χ4n) is 2.92. The lowest BCUT2D eigenvalue weighted by molar-refractivity contribution is 0.429. The Bertz CT molecular complexity index is 472. The fourth-order valence-corrected chi connectivity index (χ4v) is 4.61. The summed E-state index contributed by atoms with van der Waals surface area (Å²) in [7, 11) is 2.09. The molecule has 0 amide bonds. The van der Waals surface area contributed by atoms with Crippen LogP contribution in [0.5, 0.6) is 0 Å². The molecule has 2 atom stereocenters. The van der Waals surface area contributed by atoms with Crippen molar-refractivity contribution in [2.45, 2.75) is 31.2 Å². The Balaban J connectivity index is 1.94. The molecule has 1 aliphatic rings. The maximum absolute atomic E-state index is 3.52. The molecule has 1 aliphatic carbocycles. The maximum atomic E-state index is 3.52. The van der Waals surface area contributed by atoms with E-state index >= 15 is 0 Å². The van der Waals surface area contributed by atoms with E-state index in [1.165, 1.54) is 24.8 Å². The number of aryl methyl sites for hydroxylation is 1. The highest BCUT2D eigenvalue weighted by atomic mass is 32.1. The van der Waals surface area contributed by atoms with Crippen LogP contribution in [-0.2, 0) is 6.42 Å². The van der Waals surface area contributed by atoms with Crippen LogP contribution < -0.4 is 5.32 Å². The summed E-state index contributed by atoms with van der Waals surface area (Å²) in [5.74, 6) is 0.657. The Morgan fingerprint density at radius 3 is 3.06 bits per heavy atom. The average Bonchev–Trinajstić information content (AvgIpc) is 3.00. The van der Waals surface area contributed by atoms with E-state index in [1.807, 2.05) is 11.3 Å². The predicted octanol–water partition coefficient (Wildman–Crippen LogP) is 4.19. The summed E-state index contributed by atoms with van der Waals surface area (Å²) < 4.78 is 0. The van der Waals surface area contributed by atoms with Crippen LogP contribution in [0.25, 0.3) is 0 Å². The Morgan fingerprint density at radius 1 is 1.35 bits per heavy atom. The summed E-state index contributed by atoms with van der Waals surface area (Å²) in [6, 6.07) is 5.07. The first-order valence-electron chi connectivity index (χ1n) is 6.16. The molecule has 1 nitrogen and oxygen atoms in total. The lowest BCUT2D eigenvalue weighted by Gasteiger charge is -2.30. The smallest absolute Gasteiger partial charge is 0.0395 e. The highest BCUT2D eigenvalue weighted by Gasteiger charge is 2.28. The standard InChI is InChI=1S/C14H17NS2/c1-15-14(10-5-7-16-9-10)12-3-2-4-13-11(12)6-8-17-13/h5-9,12,14-15H,2-4H2,1H3. The second-order valence-corrected chi connectivity index (χ2v) is 6.40. The van der Waals surface area contributed by atoms with Gasteiger partial charge in [-0.15, -0.1) is 11.3 Å². The molecule has 0 aliphatic heterocycles. The highest BCUT2D eigenvalue weighted by Crippen LogP contribution is 2.42. The fraction of sp³-hybridized carbons (Fsp3) is 0.429. The van der Waals surface area contributed by atoms with E-state index in [4.69, 9.17) is 0 Å². The van der Waals surface area contributed by atoms with Crippen molar-refractivity contribution in [1.29, 1.82) is 0 Å².